The molecular weight excluding hydrogens is 432 g/mol. The van der Waals surface area contributed by atoms with Gasteiger partial charge in [0.05, 0.1) is 12.7 Å². The lowest BCUT2D eigenvalue weighted by molar-refractivity contribution is -0.146. The molecule has 0 unspecified atom stereocenters. The fourth-order valence-corrected chi connectivity index (χ4v) is 6.71. The van der Waals surface area contributed by atoms with Gasteiger partial charge in [0.1, 0.15) is 5.60 Å². The normalized spacial score (nSPS) is 27.4. The Hall–Kier alpha value is -1.44. The Morgan fingerprint density at radius 1 is 1.19 bits per heavy atom. The molecule has 3 N–H and O–H groups in total. The van der Waals surface area contributed by atoms with Crippen molar-refractivity contribution in [3.05, 3.63) is 46.8 Å². The summed E-state index contributed by atoms with van der Waals surface area (Å²) < 4.78 is 6.41. The molecule has 5 nitrogen and oxygen atoms in total. The lowest BCUT2D eigenvalue weighted by Crippen LogP contribution is -2.51. The van der Waals surface area contributed by atoms with Gasteiger partial charge in [-0.25, -0.2) is 0 Å². The lowest BCUT2D eigenvalue weighted by Gasteiger charge is -2.44. The predicted molar refractivity (Wildman–Crippen MR) is 125 cm³/mol. The lowest BCUT2D eigenvalue weighted by atomic mass is 9.81. The van der Waals surface area contributed by atoms with E-state index in [9.17, 15) is 9.90 Å². The summed E-state index contributed by atoms with van der Waals surface area (Å²) in [6, 6.07) is 12.6. The number of hydrogen-bond acceptors (Lipinski definition) is 5. The molecule has 2 aromatic rings. The van der Waals surface area contributed by atoms with Crippen LogP contribution in [0.15, 0.2) is 36.4 Å². The van der Waals surface area contributed by atoms with Crippen molar-refractivity contribution in [2.45, 2.75) is 56.3 Å². The second-order valence-corrected chi connectivity index (χ2v) is 10.0. The van der Waals surface area contributed by atoms with Crippen LogP contribution >= 0.6 is 23.7 Å². The highest BCUT2D eigenvalue weighted by Gasteiger charge is 2.44. The van der Waals surface area contributed by atoms with E-state index in [2.05, 4.69) is 30.3 Å². The number of carbonyl (C=O) groups excluding carboxylic acids is 1. The fraction of sp³-hybridized carbons (Fsp3) is 0.542. The number of fused-ring (bicyclic) bond motifs is 2. The van der Waals surface area contributed by atoms with Crippen molar-refractivity contribution >= 4 is 29.7 Å². The summed E-state index contributed by atoms with van der Waals surface area (Å²) in [7, 11) is 0. The summed E-state index contributed by atoms with van der Waals surface area (Å²) >= 11 is 1.86. The number of piperidine rings is 1. The SMILES string of the molecule is Cl.N[C@@H]1C[C@@H](C(=O)N2CCC3(CC2)OCCc2cc(-c4ccccc4)sc23)CC[C@H]1O. The number of nitrogens with two attached hydrogens (primary N) is 1. The number of hydrogen-bond donors (Lipinski definition) is 2. The number of halogens is 1. The van der Waals surface area contributed by atoms with E-state index in [1.165, 1.54) is 20.9 Å². The van der Waals surface area contributed by atoms with Crippen LogP contribution in [0.25, 0.3) is 10.4 Å². The molecule has 0 radical (unpaired) electrons. The van der Waals surface area contributed by atoms with Crippen molar-refractivity contribution in [2.24, 2.45) is 11.7 Å². The van der Waals surface area contributed by atoms with Gasteiger partial charge in [0.2, 0.25) is 5.91 Å². The van der Waals surface area contributed by atoms with Gasteiger partial charge >= 0.3 is 0 Å². The molecule has 3 atom stereocenters. The highest BCUT2D eigenvalue weighted by Crippen LogP contribution is 2.47. The van der Waals surface area contributed by atoms with Crippen LogP contribution in [0.2, 0.25) is 0 Å². The number of rotatable bonds is 2. The highest BCUT2D eigenvalue weighted by atomic mass is 35.5. The van der Waals surface area contributed by atoms with Crippen LogP contribution in [0, 0.1) is 5.92 Å². The van der Waals surface area contributed by atoms with Crippen LogP contribution in [0.3, 0.4) is 0 Å². The molecule has 2 aliphatic heterocycles. The number of thiophene rings is 1. The molecule has 7 heteroatoms. The van der Waals surface area contributed by atoms with E-state index in [1.54, 1.807) is 0 Å². The molecule has 5 rings (SSSR count). The first-order valence-corrected chi connectivity index (χ1v) is 11.9. The van der Waals surface area contributed by atoms with E-state index >= 15 is 0 Å². The van der Waals surface area contributed by atoms with Crippen LogP contribution < -0.4 is 5.73 Å². The second-order valence-electron chi connectivity index (χ2n) is 8.99. The molecule has 0 bridgehead atoms. The molecule has 1 aromatic carbocycles. The number of amides is 1. The third-order valence-electron chi connectivity index (χ3n) is 7.12. The molecule has 1 aromatic heterocycles. The van der Waals surface area contributed by atoms with Crippen molar-refractivity contribution in [1.82, 2.24) is 4.90 Å². The zero-order valence-electron chi connectivity index (χ0n) is 17.7. The van der Waals surface area contributed by atoms with Gasteiger partial charge < -0.3 is 20.5 Å². The smallest absolute Gasteiger partial charge is 0.225 e. The predicted octanol–water partition coefficient (Wildman–Crippen LogP) is 3.72. The van der Waals surface area contributed by atoms with Gasteiger partial charge in [0.15, 0.2) is 0 Å². The third kappa shape index (κ3) is 4.29. The molecule has 3 heterocycles. The van der Waals surface area contributed by atoms with Gasteiger partial charge in [-0.2, -0.15) is 0 Å². The van der Waals surface area contributed by atoms with Crippen molar-refractivity contribution in [2.75, 3.05) is 19.7 Å². The van der Waals surface area contributed by atoms with Crippen LogP contribution in [0.4, 0.5) is 0 Å². The molecule has 1 saturated heterocycles. The van der Waals surface area contributed by atoms with E-state index in [1.807, 2.05) is 22.3 Å². The number of aliphatic hydroxyl groups is 1. The average Bonchev–Trinajstić information content (AvgIpc) is 3.23. The van der Waals surface area contributed by atoms with E-state index < -0.39 is 6.10 Å². The summed E-state index contributed by atoms with van der Waals surface area (Å²) in [5, 5.41) is 9.87. The Bertz CT molecular complexity index is 911. The summed E-state index contributed by atoms with van der Waals surface area (Å²) in [6.45, 7) is 2.21. The maximum absolute atomic E-state index is 13.1. The highest BCUT2D eigenvalue weighted by molar-refractivity contribution is 7.15. The number of aliphatic hydroxyl groups excluding tert-OH is 1. The van der Waals surface area contributed by atoms with Crippen LogP contribution in [-0.4, -0.2) is 47.8 Å². The van der Waals surface area contributed by atoms with E-state index in [0.717, 1.165) is 45.4 Å². The first-order chi connectivity index (χ1) is 14.6. The van der Waals surface area contributed by atoms with E-state index in [-0.39, 0.29) is 35.9 Å². The summed E-state index contributed by atoms with van der Waals surface area (Å²) in [6.07, 6.45) is 4.15. The molecule has 31 heavy (non-hydrogen) atoms. The molecule has 2 fully saturated rings. The second kappa shape index (κ2) is 9.20. The maximum atomic E-state index is 13.1. The van der Waals surface area contributed by atoms with E-state index in [4.69, 9.17) is 10.5 Å². The monoisotopic (exact) mass is 462 g/mol. The van der Waals surface area contributed by atoms with Crippen molar-refractivity contribution in [1.29, 1.82) is 0 Å². The number of ether oxygens (including phenoxy) is 1. The van der Waals surface area contributed by atoms with E-state index in [0.29, 0.717) is 12.8 Å². The average molecular weight is 463 g/mol. The largest absolute Gasteiger partial charge is 0.392 e. The molecule has 1 amide bonds. The van der Waals surface area contributed by atoms with Gasteiger partial charge in [-0.15, -0.1) is 23.7 Å². The number of carbonyl (C=O) groups is 1. The third-order valence-corrected chi connectivity index (χ3v) is 8.54. The number of benzene rings is 1. The van der Waals surface area contributed by atoms with Gasteiger partial charge in [0.25, 0.3) is 0 Å². The number of likely N-dealkylation sites (tertiary alicyclic amines) is 1. The molecule has 1 spiro atoms. The Kier molecular flexibility index (Phi) is 6.75. The first kappa shape index (κ1) is 22.7. The standard InChI is InChI=1S/C24H30N2O3S.ClH/c25-19-14-18(6-7-20(19)27)23(28)26-11-9-24(10-12-26)22-17(8-13-29-24)15-21(30-22)16-4-2-1-3-5-16;/h1-5,15,18-20,27H,6-14,25H2;1H/t18-,19+,20+;/m0./s1. The Labute approximate surface area is 194 Å². The van der Waals surface area contributed by atoms with Gasteiger partial charge in [-0.3, -0.25) is 4.79 Å². The fourth-order valence-electron chi connectivity index (χ4n) is 5.30. The van der Waals surface area contributed by atoms with Crippen LogP contribution in [-0.2, 0) is 21.6 Å². The molecule has 1 aliphatic carbocycles. The number of nitrogens with zero attached hydrogens (tertiary/aromatic N) is 1. The summed E-state index contributed by atoms with van der Waals surface area (Å²) in [5.41, 5.74) is 8.44. The summed E-state index contributed by atoms with van der Waals surface area (Å²) in [4.78, 5) is 17.7. The van der Waals surface area contributed by atoms with Crippen molar-refractivity contribution in [3.8, 4) is 10.4 Å². The zero-order valence-corrected chi connectivity index (χ0v) is 19.3. The van der Waals surface area contributed by atoms with Gasteiger partial charge in [-0.05, 0) is 55.7 Å². The van der Waals surface area contributed by atoms with Crippen molar-refractivity contribution < 1.29 is 14.6 Å². The Balaban J connectivity index is 0.00000231. The van der Waals surface area contributed by atoms with Crippen LogP contribution in [0.1, 0.15) is 42.5 Å². The quantitative estimate of drug-likeness (QED) is 0.713. The Morgan fingerprint density at radius 3 is 2.65 bits per heavy atom. The minimum atomic E-state index is -0.467. The summed E-state index contributed by atoms with van der Waals surface area (Å²) in [5.74, 6) is 0.158. The molecule has 3 aliphatic rings. The Morgan fingerprint density at radius 2 is 1.94 bits per heavy atom. The zero-order chi connectivity index (χ0) is 20.7. The van der Waals surface area contributed by atoms with Crippen molar-refractivity contribution in [3.63, 3.8) is 0 Å². The topological polar surface area (TPSA) is 75.8 Å². The van der Waals surface area contributed by atoms with Crippen LogP contribution in [0.5, 0.6) is 0 Å². The van der Waals surface area contributed by atoms with Gasteiger partial charge in [-0.1, -0.05) is 30.3 Å². The molecular formula is C24H31ClN2O3S. The molecule has 168 valence electrons. The minimum absolute atomic E-state index is 0. The maximum Gasteiger partial charge on any atom is 0.225 e. The first-order valence-electron chi connectivity index (χ1n) is 11.1. The van der Waals surface area contributed by atoms with Gasteiger partial charge in [0, 0.05) is 34.8 Å². The minimum Gasteiger partial charge on any atom is -0.392 e. The molecule has 1 saturated carbocycles.